The summed E-state index contributed by atoms with van der Waals surface area (Å²) >= 11 is 0. The molecule has 0 fully saturated rings. The van der Waals surface area contributed by atoms with Gasteiger partial charge in [-0.3, -0.25) is 9.59 Å². The van der Waals surface area contributed by atoms with Gasteiger partial charge in [0, 0.05) is 13.6 Å². The predicted molar refractivity (Wildman–Crippen MR) is 111 cm³/mol. The Morgan fingerprint density at radius 3 is 2.14 bits per heavy atom. The summed E-state index contributed by atoms with van der Waals surface area (Å²) in [5, 5.41) is 2.68. The number of aryl methyl sites for hydroxylation is 2. The number of carbonyl (C=O) groups is 2. The highest BCUT2D eigenvalue weighted by Crippen LogP contribution is 2.18. The molecule has 28 heavy (non-hydrogen) atoms. The molecule has 0 spiro atoms. The maximum atomic E-state index is 13.2. The van der Waals surface area contributed by atoms with Crippen molar-refractivity contribution in [2.24, 2.45) is 0 Å². The number of amides is 2. The Bertz CT molecular complexity index is 795. The SMILES string of the molecule is CCC(C(=O)NC)N(Cc1ccc(OC)cc1)C(=O)Cc1cc(C)cc(C)c1. The second kappa shape index (κ2) is 9.93. The van der Waals surface area contributed by atoms with E-state index in [1.165, 1.54) is 0 Å². The van der Waals surface area contributed by atoms with Gasteiger partial charge in [-0.25, -0.2) is 0 Å². The van der Waals surface area contributed by atoms with Gasteiger partial charge in [0.2, 0.25) is 11.8 Å². The lowest BCUT2D eigenvalue weighted by molar-refractivity contribution is -0.140. The number of hydrogen-bond acceptors (Lipinski definition) is 3. The van der Waals surface area contributed by atoms with Crippen LogP contribution in [0.25, 0.3) is 0 Å². The van der Waals surface area contributed by atoms with Crippen LogP contribution in [0.2, 0.25) is 0 Å². The zero-order chi connectivity index (χ0) is 20.7. The molecular weight excluding hydrogens is 352 g/mol. The van der Waals surface area contributed by atoms with Crippen LogP contribution >= 0.6 is 0 Å². The van der Waals surface area contributed by atoms with Crippen LogP contribution in [0.1, 0.15) is 35.6 Å². The van der Waals surface area contributed by atoms with Crippen molar-refractivity contribution in [3.05, 3.63) is 64.7 Å². The van der Waals surface area contributed by atoms with Crippen LogP contribution in [0.3, 0.4) is 0 Å². The molecule has 1 unspecified atom stereocenters. The summed E-state index contributed by atoms with van der Waals surface area (Å²) in [7, 11) is 3.22. The zero-order valence-corrected chi connectivity index (χ0v) is 17.4. The first-order valence-corrected chi connectivity index (χ1v) is 9.59. The number of hydrogen-bond donors (Lipinski definition) is 1. The van der Waals surface area contributed by atoms with E-state index in [1.807, 2.05) is 57.2 Å². The Morgan fingerprint density at radius 1 is 1.04 bits per heavy atom. The second-order valence-corrected chi connectivity index (χ2v) is 7.08. The summed E-state index contributed by atoms with van der Waals surface area (Å²) in [6.45, 7) is 6.34. The molecule has 2 amide bonds. The summed E-state index contributed by atoms with van der Waals surface area (Å²) in [6.07, 6.45) is 0.820. The van der Waals surface area contributed by atoms with Crippen molar-refractivity contribution in [3.63, 3.8) is 0 Å². The van der Waals surface area contributed by atoms with Gasteiger partial charge in [0.1, 0.15) is 11.8 Å². The molecule has 0 bridgehead atoms. The van der Waals surface area contributed by atoms with Crippen LogP contribution < -0.4 is 10.1 Å². The molecule has 2 rings (SSSR count). The van der Waals surface area contributed by atoms with Gasteiger partial charge in [-0.15, -0.1) is 0 Å². The number of likely N-dealkylation sites (N-methyl/N-ethyl adjacent to an activating group) is 1. The van der Waals surface area contributed by atoms with E-state index in [2.05, 4.69) is 11.4 Å². The Hall–Kier alpha value is -2.82. The quantitative estimate of drug-likeness (QED) is 0.761. The van der Waals surface area contributed by atoms with Gasteiger partial charge < -0.3 is 15.0 Å². The number of carbonyl (C=O) groups excluding carboxylic acids is 2. The van der Waals surface area contributed by atoms with Gasteiger partial charge in [0.25, 0.3) is 0 Å². The maximum absolute atomic E-state index is 13.2. The maximum Gasteiger partial charge on any atom is 0.242 e. The molecule has 1 atom stereocenters. The van der Waals surface area contributed by atoms with E-state index in [1.54, 1.807) is 19.1 Å². The number of rotatable bonds is 8. The molecule has 0 heterocycles. The Kier molecular flexibility index (Phi) is 7.61. The number of nitrogens with one attached hydrogen (secondary N) is 1. The number of benzene rings is 2. The van der Waals surface area contributed by atoms with E-state index in [9.17, 15) is 9.59 Å². The molecule has 5 nitrogen and oxygen atoms in total. The van der Waals surface area contributed by atoms with Crippen LogP contribution in [0.5, 0.6) is 5.75 Å². The van der Waals surface area contributed by atoms with Gasteiger partial charge in [0.15, 0.2) is 0 Å². The van der Waals surface area contributed by atoms with Gasteiger partial charge in [-0.2, -0.15) is 0 Å². The van der Waals surface area contributed by atoms with Crippen LogP contribution in [0, 0.1) is 13.8 Å². The van der Waals surface area contributed by atoms with Gasteiger partial charge >= 0.3 is 0 Å². The second-order valence-electron chi connectivity index (χ2n) is 7.08. The molecule has 0 aliphatic rings. The van der Waals surface area contributed by atoms with E-state index in [4.69, 9.17) is 4.74 Å². The molecule has 1 N–H and O–H groups in total. The fourth-order valence-electron chi connectivity index (χ4n) is 3.46. The van der Waals surface area contributed by atoms with E-state index in [-0.39, 0.29) is 18.2 Å². The average molecular weight is 383 g/mol. The molecule has 0 aliphatic heterocycles. The number of methoxy groups -OCH3 is 1. The molecule has 0 aliphatic carbocycles. The largest absolute Gasteiger partial charge is 0.497 e. The van der Waals surface area contributed by atoms with Gasteiger partial charge in [-0.05, 0) is 43.5 Å². The van der Waals surface area contributed by atoms with Crippen molar-refractivity contribution in [3.8, 4) is 5.75 Å². The third-order valence-corrected chi connectivity index (χ3v) is 4.78. The summed E-state index contributed by atoms with van der Waals surface area (Å²) in [6, 6.07) is 13.2. The van der Waals surface area contributed by atoms with E-state index in [0.29, 0.717) is 13.0 Å². The highest BCUT2D eigenvalue weighted by Gasteiger charge is 2.28. The summed E-state index contributed by atoms with van der Waals surface area (Å²) in [5.74, 6) is 0.552. The number of ether oxygens (including phenoxy) is 1. The highest BCUT2D eigenvalue weighted by atomic mass is 16.5. The van der Waals surface area contributed by atoms with E-state index < -0.39 is 6.04 Å². The smallest absolute Gasteiger partial charge is 0.242 e. The van der Waals surface area contributed by atoms with Crippen LogP contribution in [-0.4, -0.2) is 36.9 Å². The molecule has 0 saturated heterocycles. The minimum Gasteiger partial charge on any atom is -0.497 e. The van der Waals surface area contributed by atoms with Crippen molar-refractivity contribution in [1.82, 2.24) is 10.2 Å². The number of nitrogens with zero attached hydrogens (tertiary/aromatic N) is 1. The minimum absolute atomic E-state index is 0.0590. The van der Waals surface area contributed by atoms with Crippen LogP contribution in [0.15, 0.2) is 42.5 Å². The van der Waals surface area contributed by atoms with Crippen LogP contribution in [-0.2, 0) is 22.6 Å². The predicted octanol–water partition coefficient (Wildman–Crippen LogP) is 3.41. The topological polar surface area (TPSA) is 58.6 Å². The lowest BCUT2D eigenvalue weighted by atomic mass is 10.0. The fourth-order valence-corrected chi connectivity index (χ4v) is 3.46. The normalized spacial score (nSPS) is 11.6. The molecule has 2 aromatic carbocycles. The Labute approximate surface area is 167 Å². The standard InChI is InChI=1S/C23H30N2O3/c1-6-21(23(27)24-4)25(15-18-7-9-20(28-5)10-8-18)22(26)14-19-12-16(2)11-17(3)13-19/h7-13,21H,6,14-15H2,1-5H3,(H,24,27). The molecule has 0 aromatic heterocycles. The van der Waals surface area contributed by atoms with E-state index >= 15 is 0 Å². The third kappa shape index (κ3) is 5.59. The third-order valence-electron chi connectivity index (χ3n) is 4.78. The van der Waals surface area contributed by atoms with Crippen molar-refractivity contribution in [2.75, 3.05) is 14.2 Å². The molecule has 0 saturated carbocycles. The molecule has 150 valence electrons. The van der Waals surface area contributed by atoms with Crippen molar-refractivity contribution < 1.29 is 14.3 Å². The van der Waals surface area contributed by atoms with Crippen molar-refractivity contribution in [1.29, 1.82) is 0 Å². The average Bonchev–Trinajstić information content (AvgIpc) is 2.67. The first-order valence-electron chi connectivity index (χ1n) is 9.59. The Morgan fingerprint density at radius 2 is 1.64 bits per heavy atom. The fraction of sp³-hybridized carbons (Fsp3) is 0.391. The molecule has 0 radical (unpaired) electrons. The molecule has 2 aromatic rings. The minimum atomic E-state index is -0.509. The van der Waals surface area contributed by atoms with E-state index in [0.717, 1.165) is 28.0 Å². The van der Waals surface area contributed by atoms with Crippen molar-refractivity contribution >= 4 is 11.8 Å². The summed E-state index contributed by atoms with van der Waals surface area (Å²) < 4.78 is 5.20. The first-order chi connectivity index (χ1) is 13.4. The monoisotopic (exact) mass is 382 g/mol. The molecular formula is C23H30N2O3. The molecule has 5 heteroatoms. The lowest BCUT2D eigenvalue weighted by Gasteiger charge is -2.30. The van der Waals surface area contributed by atoms with Gasteiger partial charge in [-0.1, -0.05) is 48.4 Å². The highest BCUT2D eigenvalue weighted by molar-refractivity contribution is 5.88. The van der Waals surface area contributed by atoms with Crippen molar-refractivity contribution in [2.45, 2.75) is 46.2 Å². The zero-order valence-electron chi connectivity index (χ0n) is 17.4. The lowest BCUT2D eigenvalue weighted by Crippen LogP contribution is -2.48. The van der Waals surface area contributed by atoms with Crippen LogP contribution in [0.4, 0.5) is 0 Å². The summed E-state index contributed by atoms with van der Waals surface area (Å²) in [5.41, 5.74) is 4.18. The summed E-state index contributed by atoms with van der Waals surface area (Å²) in [4.78, 5) is 27.3. The first kappa shape index (κ1) is 21.5. The van der Waals surface area contributed by atoms with Gasteiger partial charge in [0.05, 0.1) is 13.5 Å². The Balaban J connectivity index is 2.29.